The van der Waals surface area contributed by atoms with Crippen LogP contribution in [0.15, 0.2) is 18.2 Å². The summed E-state index contributed by atoms with van der Waals surface area (Å²) in [4.78, 5) is 14.5. The Balaban J connectivity index is 2.21. The second kappa shape index (κ2) is 6.75. The smallest absolute Gasteiger partial charge is 0.254 e. The van der Waals surface area contributed by atoms with Crippen molar-refractivity contribution in [3.8, 4) is 5.75 Å². The summed E-state index contributed by atoms with van der Waals surface area (Å²) in [7, 11) is 0. The second-order valence-corrected chi connectivity index (χ2v) is 5.51. The molecule has 0 bridgehead atoms. The molecule has 0 spiro atoms. The Hall–Kier alpha value is -1.55. The number of carbonyl (C=O) groups excluding carboxylic acids is 1. The lowest BCUT2D eigenvalue weighted by atomic mass is 9.93. The van der Waals surface area contributed by atoms with Crippen molar-refractivity contribution >= 4 is 5.91 Å². The molecule has 2 rings (SSSR count). The monoisotopic (exact) mass is 277 g/mol. The standard InChI is InChI=1S/C16H23NO3/c1-12-11-14(19)7-8-15(12)16(20)17(9-10-18)13-5-3-2-4-6-13/h7-8,11,13,18-19H,2-6,9-10H2,1H3. The maximum atomic E-state index is 12.7. The van der Waals surface area contributed by atoms with Gasteiger partial charge in [-0.2, -0.15) is 0 Å². The van der Waals surface area contributed by atoms with E-state index in [1.165, 1.54) is 12.5 Å². The third-order valence-corrected chi connectivity index (χ3v) is 4.06. The first-order valence-corrected chi connectivity index (χ1v) is 7.35. The number of benzene rings is 1. The van der Waals surface area contributed by atoms with E-state index in [4.69, 9.17) is 0 Å². The minimum absolute atomic E-state index is 0.0145. The van der Waals surface area contributed by atoms with Crippen molar-refractivity contribution in [2.75, 3.05) is 13.2 Å². The minimum atomic E-state index is -0.0385. The average Bonchev–Trinajstić information content (AvgIpc) is 2.45. The summed E-state index contributed by atoms with van der Waals surface area (Å²) < 4.78 is 0. The van der Waals surface area contributed by atoms with Gasteiger partial charge in [0.2, 0.25) is 0 Å². The molecule has 1 fully saturated rings. The molecule has 110 valence electrons. The van der Waals surface area contributed by atoms with Gasteiger partial charge in [0.25, 0.3) is 5.91 Å². The van der Waals surface area contributed by atoms with E-state index in [-0.39, 0.29) is 24.3 Å². The molecule has 1 saturated carbocycles. The van der Waals surface area contributed by atoms with Crippen molar-refractivity contribution in [2.24, 2.45) is 0 Å². The van der Waals surface area contributed by atoms with Gasteiger partial charge in [0.15, 0.2) is 0 Å². The highest BCUT2D eigenvalue weighted by atomic mass is 16.3. The maximum absolute atomic E-state index is 12.7. The van der Waals surface area contributed by atoms with Gasteiger partial charge < -0.3 is 15.1 Å². The van der Waals surface area contributed by atoms with E-state index in [2.05, 4.69) is 0 Å². The lowest BCUT2D eigenvalue weighted by Gasteiger charge is -2.34. The van der Waals surface area contributed by atoms with Crippen molar-refractivity contribution in [1.82, 2.24) is 4.90 Å². The third-order valence-electron chi connectivity index (χ3n) is 4.06. The van der Waals surface area contributed by atoms with Gasteiger partial charge in [-0.25, -0.2) is 0 Å². The van der Waals surface area contributed by atoms with E-state index >= 15 is 0 Å². The first-order valence-electron chi connectivity index (χ1n) is 7.35. The van der Waals surface area contributed by atoms with Crippen molar-refractivity contribution in [1.29, 1.82) is 0 Å². The zero-order valence-electron chi connectivity index (χ0n) is 12.0. The van der Waals surface area contributed by atoms with E-state index < -0.39 is 0 Å². The van der Waals surface area contributed by atoms with Gasteiger partial charge in [-0.15, -0.1) is 0 Å². The molecule has 0 radical (unpaired) electrons. The number of amides is 1. The van der Waals surface area contributed by atoms with E-state index in [9.17, 15) is 15.0 Å². The number of aromatic hydroxyl groups is 1. The van der Waals surface area contributed by atoms with Crippen LogP contribution < -0.4 is 0 Å². The molecule has 20 heavy (non-hydrogen) atoms. The summed E-state index contributed by atoms with van der Waals surface area (Å²) >= 11 is 0. The SMILES string of the molecule is Cc1cc(O)ccc1C(=O)N(CCO)C1CCCCC1. The van der Waals surface area contributed by atoms with Crippen LogP contribution in [-0.4, -0.2) is 40.2 Å². The summed E-state index contributed by atoms with van der Waals surface area (Å²) in [5.41, 5.74) is 1.38. The summed E-state index contributed by atoms with van der Waals surface area (Å²) in [6.07, 6.45) is 5.56. The molecule has 1 aliphatic carbocycles. The van der Waals surface area contributed by atoms with Crippen molar-refractivity contribution in [3.63, 3.8) is 0 Å². The Labute approximate surface area is 120 Å². The van der Waals surface area contributed by atoms with Crippen LogP contribution in [0.4, 0.5) is 0 Å². The summed E-state index contributed by atoms with van der Waals surface area (Å²) in [5.74, 6) is 0.133. The number of nitrogens with zero attached hydrogens (tertiary/aromatic N) is 1. The molecule has 0 atom stereocenters. The number of hydrogen-bond acceptors (Lipinski definition) is 3. The number of rotatable bonds is 4. The topological polar surface area (TPSA) is 60.8 Å². The van der Waals surface area contributed by atoms with Crippen LogP contribution >= 0.6 is 0 Å². The van der Waals surface area contributed by atoms with Crippen LogP contribution in [-0.2, 0) is 0 Å². The van der Waals surface area contributed by atoms with Crippen LogP contribution in [0.1, 0.15) is 48.0 Å². The van der Waals surface area contributed by atoms with Gasteiger partial charge >= 0.3 is 0 Å². The highest BCUT2D eigenvalue weighted by Crippen LogP contribution is 2.25. The first-order chi connectivity index (χ1) is 9.63. The molecule has 0 saturated heterocycles. The van der Waals surface area contributed by atoms with Crippen LogP contribution in [0.5, 0.6) is 5.75 Å². The number of aliphatic hydroxyl groups excluding tert-OH is 1. The average molecular weight is 277 g/mol. The van der Waals surface area contributed by atoms with E-state index in [1.807, 2.05) is 6.92 Å². The number of phenols is 1. The highest BCUT2D eigenvalue weighted by molar-refractivity contribution is 5.96. The second-order valence-electron chi connectivity index (χ2n) is 5.51. The quantitative estimate of drug-likeness (QED) is 0.888. The molecular weight excluding hydrogens is 254 g/mol. The maximum Gasteiger partial charge on any atom is 0.254 e. The molecule has 1 aliphatic rings. The van der Waals surface area contributed by atoms with Gasteiger partial charge in [0.1, 0.15) is 5.75 Å². The fourth-order valence-electron chi connectivity index (χ4n) is 2.99. The lowest BCUT2D eigenvalue weighted by Crippen LogP contribution is -2.43. The molecule has 0 unspecified atom stereocenters. The molecule has 0 aromatic heterocycles. The first kappa shape index (κ1) is 14.9. The molecule has 1 aromatic carbocycles. The number of hydrogen-bond donors (Lipinski definition) is 2. The van der Waals surface area contributed by atoms with Crippen molar-refractivity contribution in [2.45, 2.75) is 45.1 Å². The molecule has 4 nitrogen and oxygen atoms in total. The molecule has 4 heteroatoms. The largest absolute Gasteiger partial charge is 0.508 e. The zero-order valence-corrected chi connectivity index (χ0v) is 12.0. The summed E-state index contributed by atoms with van der Waals surface area (Å²) in [6, 6.07) is 5.04. The number of aliphatic hydroxyl groups is 1. The third kappa shape index (κ3) is 3.31. The van der Waals surface area contributed by atoms with E-state index in [1.54, 1.807) is 17.0 Å². The molecular formula is C16H23NO3. The van der Waals surface area contributed by atoms with Gasteiger partial charge in [-0.05, 0) is 43.5 Å². The number of aryl methyl sites for hydroxylation is 1. The number of carbonyl (C=O) groups is 1. The van der Waals surface area contributed by atoms with E-state index in [0.717, 1.165) is 31.2 Å². The lowest BCUT2D eigenvalue weighted by molar-refractivity contribution is 0.0584. The van der Waals surface area contributed by atoms with Crippen LogP contribution in [0.3, 0.4) is 0 Å². The van der Waals surface area contributed by atoms with Gasteiger partial charge in [0.05, 0.1) is 6.61 Å². The molecule has 0 heterocycles. The Kier molecular flexibility index (Phi) is 5.01. The Bertz CT molecular complexity index is 467. The van der Waals surface area contributed by atoms with Gasteiger partial charge in [-0.1, -0.05) is 19.3 Å². The Morgan fingerprint density at radius 1 is 1.30 bits per heavy atom. The van der Waals surface area contributed by atoms with Crippen molar-refractivity contribution < 1.29 is 15.0 Å². The summed E-state index contributed by atoms with van der Waals surface area (Å²) in [6.45, 7) is 2.19. The molecule has 1 amide bonds. The van der Waals surface area contributed by atoms with E-state index in [0.29, 0.717) is 12.1 Å². The van der Waals surface area contributed by atoms with Gasteiger partial charge in [-0.3, -0.25) is 4.79 Å². The highest BCUT2D eigenvalue weighted by Gasteiger charge is 2.26. The molecule has 1 aromatic rings. The fourth-order valence-corrected chi connectivity index (χ4v) is 2.99. The van der Waals surface area contributed by atoms with Gasteiger partial charge in [0, 0.05) is 18.2 Å². The zero-order chi connectivity index (χ0) is 14.5. The predicted molar refractivity (Wildman–Crippen MR) is 77.8 cm³/mol. The van der Waals surface area contributed by atoms with Crippen LogP contribution in [0, 0.1) is 6.92 Å². The normalized spacial score (nSPS) is 16.1. The van der Waals surface area contributed by atoms with Crippen molar-refractivity contribution in [3.05, 3.63) is 29.3 Å². The Morgan fingerprint density at radius 2 is 2.00 bits per heavy atom. The molecule has 2 N–H and O–H groups in total. The molecule has 0 aliphatic heterocycles. The summed E-state index contributed by atoms with van der Waals surface area (Å²) in [5, 5.41) is 18.7. The number of phenolic OH excluding ortho intramolecular Hbond substituents is 1. The van der Waals surface area contributed by atoms with Crippen LogP contribution in [0.2, 0.25) is 0 Å². The minimum Gasteiger partial charge on any atom is -0.508 e. The van der Waals surface area contributed by atoms with Crippen LogP contribution in [0.25, 0.3) is 0 Å². The fraction of sp³-hybridized carbons (Fsp3) is 0.562. The Morgan fingerprint density at radius 3 is 2.60 bits per heavy atom. The predicted octanol–water partition coefficient (Wildman–Crippen LogP) is 2.47.